The van der Waals surface area contributed by atoms with Crippen LogP contribution >= 0.6 is 23.2 Å². The molecule has 4 aromatic rings. The summed E-state index contributed by atoms with van der Waals surface area (Å²) in [6.07, 6.45) is 1.17. The Balaban J connectivity index is 1.18. The molecule has 214 valence electrons. The summed E-state index contributed by atoms with van der Waals surface area (Å²) in [4.78, 5) is 48.4. The van der Waals surface area contributed by atoms with Gasteiger partial charge in [0.15, 0.2) is 0 Å². The number of nitrogens with one attached hydrogen (secondary N) is 4. The van der Waals surface area contributed by atoms with Crippen molar-refractivity contribution < 1.29 is 28.3 Å². The lowest BCUT2D eigenvalue weighted by Gasteiger charge is -2.08. The maximum absolute atomic E-state index is 12.2. The number of halogens is 2. The molecule has 0 aliphatic carbocycles. The summed E-state index contributed by atoms with van der Waals surface area (Å²) in [6, 6.07) is 23.7. The van der Waals surface area contributed by atoms with Gasteiger partial charge in [-0.2, -0.15) is 5.10 Å². The Labute approximate surface area is 249 Å². The summed E-state index contributed by atoms with van der Waals surface area (Å²) in [5.41, 5.74) is 3.78. The number of ether oxygens (including phenoxy) is 1. The molecule has 0 spiro atoms. The van der Waals surface area contributed by atoms with Crippen LogP contribution in [0.4, 0.5) is 11.4 Å². The minimum atomic E-state index is -0.998. The molecule has 42 heavy (non-hydrogen) atoms. The van der Waals surface area contributed by atoms with E-state index in [9.17, 15) is 19.2 Å². The molecule has 0 radical (unpaired) electrons. The maximum Gasteiger partial charge on any atom is 0.329 e. The predicted molar refractivity (Wildman–Crippen MR) is 157 cm³/mol. The normalized spacial score (nSPS) is 10.6. The van der Waals surface area contributed by atoms with Gasteiger partial charge >= 0.3 is 23.6 Å². The fourth-order valence-corrected chi connectivity index (χ4v) is 3.92. The van der Waals surface area contributed by atoms with Crippen LogP contribution in [-0.4, -0.2) is 29.8 Å². The van der Waals surface area contributed by atoms with Crippen molar-refractivity contribution in [3.05, 3.63) is 112 Å². The number of rotatable bonds is 9. The van der Waals surface area contributed by atoms with Crippen LogP contribution < -0.4 is 26.1 Å². The van der Waals surface area contributed by atoms with Crippen LogP contribution in [0.3, 0.4) is 0 Å². The first-order chi connectivity index (χ1) is 20.2. The molecule has 0 atom stereocenters. The van der Waals surface area contributed by atoms with Gasteiger partial charge in [0.2, 0.25) is 0 Å². The molecule has 0 bridgehead atoms. The van der Waals surface area contributed by atoms with Crippen molar-refractivity contribution in [2.24, 2.45) is 5.10 Å². The Bertz CT molecular complexity index is 1590. The van der Waals surface area contributed by atoms with Crippen LogP contribution in [0.2, 0.25) is 10.0 Å². The fraction of sp³-hybridized carbons (Fsp3) is 0.0690. The van der Waals surface area contributed by atoms with Crippen molar-refractivity contribution in [1.29, 1.82) is 0 Å². The number of carbonyl (C=O) groups is 4. The third kappa shape index (κ3) is 9.22. The van der Waals surface area contributed by atoms with Crippen molar-refractivity contribution in [2.45, 2.75) is 13.2 Å². The van der Waals surface area contributed by atoms with Gasteiger partial charge in [0.1, 0.15) is 23.9 Å². The van der Waals surface area contributed by atoms with Crippen LogP contribution in [0, 0.1) is 0 Å². The lowest BCUT2D eigenvalue weighted by atomic mass is 10.2. The Morgan fingerprint density at radius 1 is 0.762 bits per heavy atom. The molecule has 1 aromatic heterocycles. The maximum atomic E-state index is 12.2. The summed E-state index contributed by atoms with van der Waals surface area (Å²) in [6.45, 7) is 0.304. The molecule has 1 heterocycles. The molecule has 0 unspecified atom stereocenters. The molecule has 0 saturated heterocycles. The molecule has 11 nitrogen and oxygen atoms in total. The zero-order valence-corrected chi connectivity index (χ0v) is 23.2. The molecule has 13 heteroatoms. The van der Waals surface area contributed by atoms with E-state index in [1.54, 1.807) is 24.3 Å². The van der Waals surface area contributed by atoms with E-state index in [0.29, 0.717) is 33.8 Å². The zero-order valence-electron chi connectivity index (χ0n) is 21.7. The second-order valence-electron chi connectivity index (χ2n) is 8.55. The second-order valence-corrected chi connectivity index (χ2v) is 9.42. The van der Waals surface area contributed by atoms with Gasteiger partial charge in [0.25, 0.3) is 0 Å². The minimum Gasteiger partial charge on any atom is -0.489 e. The van der Waals surface area contributed by atoms with Gasteiger partial charge in [-0.05, 0) is 60.2 Å². The third-order valence-electron chi connectivity index (χ3n) is 5.36. The summed E-state index contributed by atoms with van der Waals surface area (Å²) < 4.78 is 11.2. The second kappa shape index (κ2) is 14.5. The zero-order chi connectivity index (χ0) is 29.9. The van der Waals surface area contributed by atoms with Gasteiger partial charge in [0, 0.05) is 21.4 Å². The number of hydrogen-bond donors (Lipinski definition) is 4. The van der Waals surface area contributed by atoms with Crippen LogP contribution in [-0.2, 0) is 32.3 Å². The van der Waals surface area contributed by atoms with Gasteiger partial charge in [-0.15, -0.1) is 0 Å². The van der Waals surface area contributed by atoms with Crippen molar-refractivity contribution >= 4 is 64.4 Å². The summed E-state index contributed by atoms with van der Waals surface area (Å²) in [7, 11) is 0. The Kier molecular flexibility index (Phi) is 10.3. The van der Waals surface area contributed by atoms with Crippen molar-refractivity contribution in [3.63, 3.8) is 0 Å². The molecule has 3 aromatic carbocycles. The summed E-state index contributed by atoms with van der Waals surface area (Å²) in [5.74, 6) is -2.62. The molecule has 0 fully saturated rings. The Hall–Kier alpha value is -5.13. The highest BCUT2D eigenvalue weighted by Gasteiger charge is 2.15. The average molecular weight is 608 g/mol. The van der Waals surface area contributed by atoms with E-state index in [1.165, 1.54) is 36.5 Å². The number of nitrogens with zero attached hydrogens (tertiary/aromatic N) is 1. The number of carbonyl (C=O) groups excluding carboxylic acids is 4. The first-order valence-electron chi connectivity index (χ1n) is 12.3. The quantitative estimate of drug-likeness (QED) is 0.125. The highest BCUT2D eigenvalue weighted by atomic mass is 35.5. The van der Waals surface area contributed by atoms with E-state index >= 15 is 0 Å². The number of benzene rings is 3. The first-order valence-corrected chi connectivity index (χ1v) is 13.1. The number of hydrazone groups is 1. The first kappa shape index (κ1) is 29.8. The highest BCUT2D eigenvalue weighted by molar-refractivity contribution is 6.40. The molecule has 0 aliphatic rings. The average Bonchev–Trinajstić information content (AvgIpc) is 3.43. The van der Waals surface area contributed by atoms with Crippen LogP contribution in [0.5, 0.6) is 5.75 Å². The van der Waals surface area contributed by atoms with E-state index in [1.807, 2.05) is 30.3 Å². The van der Waals surface area contributed by atoms with Gasteiger partial charge in [-0.25, -0.2) is 5.43 Å². The van der Waals surface area contributed by atoms with E-state index in [-0.39, 0.29) is 18.0 Å². The number of hydrogen-bond acceptors (Lipinski definition) is 7. The monoisotopic (exact) mass is 607 g/mol. The van der Waals surface area contributed by atoms with Crippen molar-refractivity contribution in [1.82, 2.24) is 10.7 Å². The third-order valence-corrected chi connectivity index (χ3v) is 5.79. The van der Waals surface area contributed by atoms with Crippen LogP contribution in [0.1, 0.15) is 17.1 Å². The largest absolute Gasteiger partial charge is 0.489 e. The standard InChI is InChI=1S/C29H23Cl2N5O6/c30-19-12-20(31)14-22(13-19)35-27(38)26(37)32-15-24-10-11-25(42-24)16-33-36-29(40)28(39)34-21-6-8-23(9-7-21)41-17-18-4-2-1-3-5-18/h1-14,16H,15,17H2,(H,32,37)(H,34,39)(H,35,38)(H,36,40)/b33-16+. The fourth-order valence-electron chi connectivity index (χ4n) is 3.39. The topological polar surface area (TPSA) is 151 Å². The summed E-state index contributed by atoms with van der Waals surface area (Å²) in [5, 5.41) is 11.6. The van der Waals surface area contributed by atoms with E-state index in [4.69, 9.17) is 32.4 Å². The minimum absolute atomic E-state index is 0.0960. The lowest BCUT2D eigenvalue weighted by Crippen LogP contribution is -2.34. The highest BCUT2D eigenvalue weighted by Crippen LogP contribution is 2.22. The number of amides is 4. The van der Waals surface area contributed by atoms with Crippen molar-refractivity contribution in [3.8, 4) is 5.75 Å². The molecular formula is C29H23Cl2N5O6. The van der Waals surface area contributed by atoms with E-state index in [2.05, 4.69) is 26.5 Å². The number of furan rings is 1. The van der Waals surface area contributed by atoms with Gasteiger partial charge < -0.3 is 25.1 Å². The van der Waals surface area contributed by atoms with Crippen LogP contribution in [0.25, 0.3) is 0 Å². The van der Waals surface area contributed by atoms with Gasteiger partial charge in [-0.1, -0.05) is 53.5 Å². The van der Waals surface area contributed by atoms with E-state index in [0.717, 1.165) is 5.56 Å². The van der Waals surface area contributed by atoms with Crippen molar-refractivity contribution in [2.75, 3.05) is 10.6 Å². The summed E-state index contributed by atoms with van der Waals surface area (Å²) >= 11 is 11.8. The molecular weight excluding hydrogens is 585 g/mol. The Morgan fingerprint density at radius 3 is 2.14 bits per heavy atom. The van der Waals surface area contributed by atoms with E-state index < -0.39 is 23.6 Å². The van der Waals surface area contributed by atoms with Gasteiger partial charge in [-0.3, -0.25) is 19.2 Å². The SMILES string of the molecule is O=C(NCc1ccc(/C=N/NC(=O)C(=O)Nc2ccc(OCc3ccccc3)cc2)o1)C(=O)Nc1cc(Cl)cc(Cl)c1. The molecule has 0 aliphatic heterocycles. The molecule has 4 amide bonds. The molecule has 4 N–H and O–H groups in total. The Morgan fingerprint density at radius 2 is 1.43 bits per heavy atom. The predicted octanol–water partition coefficient (Wildman–Crippen LogP) is 4.51. The number of anilines is 2. The molecule has 0 saturated carbocycles. The molecule has 4 rings (SSSR count). The lowest BCUT2D eigenvalue weighted by molar-refractivity contribution is -0.136. The van der Waals surface area contributed by atoms with Crippen LogP contribution in [0.15, 0.2) is 94.4 Å². The smallest absolute Gasteiger partial charge is 0.329 e. The van der Waals surface area contributed by atoms with Gasteiger partial charge in [0.05, 0.1) is 12.8 Å².